The molecule has 0 spiro atoms. The lowest BCUT2D eigenvalue weighted by Crippen LogP contribution is -2.33. The molecule has 0 saturated heterocycles. The molecule has 2 aromatic rings. The van der Waals surface area contributed by atoms with Gasteiger partial charge in [0.1, 0.15) is 0 Å². The second kappa shape index (κ2) is 6.90. The van der Waals surface area contributed by atoms with Crippen LogP contribution in [0.5, 0.6) is 0 Å². The molecule has 2 rings (SSSR count). The van der Waals surface area contributed by atoms with Crippen LogP contribution < -0.4 is 5.56 Å². The highest BCUT2D eigenvalue weighted by molar-refractivity contribution is 9.09. The molecule has 0 atom stereocenters. The largest absolute Gasteiger partial charge is 0.314 e. The van der Waals surface area contributed by atoms with Crippen LogP contribution in [0.3, 0.4) is 0 Å². The molecule has 4 heteroatoms. The van der Waals surface area contributed by atoms with Gasteiger partial charge in [-0.2, -0.15) is 0 Å². The first-order valence-electron chi connectivity index (χ1n) is 7.28. The molecule has 0 amide bonds. The van der Waals surface area contributed by atoms with E-state index in [1.165, 1.54) is 0 Å². The molecule has 0 fully saturated rings. The van der Waals surface area contributed by atoms with E-state index >= 15 is 0 Å². The summed E-state index contributed by atoms with van der Waals surface area (Å²) in [6, 6.07) is 4.01. The van der Waals surface area contributed by atoms with Crippen molar-refractivity contribution < 1.29 is 0 Å². The highest BCUT2D eigenvalue weighted by Gasteiger charge is 2.28. The fourth-order valence-corrected chi connectivity index (χ4v) is 4.52. The Hall–Kier alpha value is -0.610. The summed E-state index contributed by atoms with van der Waals surface area (Å²) in [7, 11) is 0. The van der Waals surface area contributed by atoms with Gasteiger partial charge in [0, 0.05) is 22.8 Å². The predicted molar refractivity (Wildman–Crippen MR) is 92.1 cm³/mol. The quantitative estimate of drug-likeness (QED) is 0.637. The van der Waals surface area contributed by atoms with E-state index in [4.69, 9.17) is 0 Å². The number of alkyl halides is 1. The number of hydrogen-bond acceptors (Lipinski definition) is 2. The molecule has 2 heterocycles. The summed E-state index contributed by atoms with van der Waals surface area (Å²) in [6.45, 7) is 5.25. The fourth-order valence-electron chi connectivity index (χ4n) is 3.01. The predicted octanol–water partition coefficient (Wildman–Crippen LogP) is 5.04. The number of pyridine rings is 1. The molecule has 110 valence electrons. The zero-order chi connectivity index (χ0) is 14.6. The Labute approximate surface area is 132 Å². The normalized spacial score (nSPS) is 12.2. The third-order valence-corrected chi connectivity index (χ3v) is 6.01. The number of halogens is 1. The van der Waals surface area contributed by atoms with E-state index in [1.54, 1.807) is 11.3 Å². The van der Waals surface area contributed by atoms with Crippen molar-refractivity contribution in [2.75, 3.05) is 5.33 Å². The SMILES string of the molecule is CCCC(CBr)(CCC)Cn1ccc2sccc2c1=O. The van der Waals surface area contributed by atoms with Crippen molar-refractivity contribution in [2.24, 2.45) is 5.41 Å². The number of thiophene rings is 1. The summed E-state index contributed by atoms with van der Waals surface area (Å²) < 4.78 is 2.99. The number of aromatic nitrogens is 1. The lowest BCUT2D eigenvalue weighted by molar-refractivity contribution is 0.231. The van der Waals surface area contributed by atoms with Crippen LogP contribution in [-0.2, 0) is 6.54 Å². The maximum atomic E-state index is 12.5. The Bertz CT molecular complexity index is 610. The van der Waals surface area contributed by atoms with Crippen LogP contribution in [0.1, 0.15) is 39.5 Å². The van der Waals surface area contributed by atoms with E-state index in [9.17, 15) is 4.79 Å². The van der Waals surface area contributed by atoms with Gasteiger partial charge in [-0.3, -0.25) is 4.79 Å². The summed E-state index contributed by atoms with van der Waals surface area (Å²) >= 11 is 5.32. The van der Waals surface area contributed by atoms with Gasteiger partial charge < -0.3 is 4.57 Å². The molecule has 0 unspecified atom stereocenters. The monoisotopic (exact) mass is 355 g/mol. The number of hydrogen-bond donors (Lipinski definition) is 0. The van der Waals surface area contributed by atoms with Gasteiger partial charge in [-0.15, -0.1) is 11.3 Å². The Morgan fingerprint density at radius 3 is 2.55 bits per heavy atom. The number of fused-ring (bicyclic) bond motifs is 1. The van der Waals surface area contributed by atoms with Crippen LogP contribution >= 0.6 is 27.3 Å². The van der Waals surface area contributed by atoms with Crippen molar-refractivity contribution in [1.82, 2.24) is 4.57 Å². The molecule has 2 nitrogen and oxygen atoms in total. The molecule has 0 saturated carbocycles. The standard InChI is InChI=1S/C16H22BrNOS/c1-3-7-16(11-17,8-4-2)12-18-9-5-14-13(15(18)19)6-10-20-14/h5-6,9-10H,3-4,7-8,11-12H2,1-2H3. The third kappa shape index (κ3) is 3.17. The van der Waals surface area contributed by atoms with E-state index in [1.807, 2.05) is 22.2 Å². The highest BCUT2D eigenvalue weighted by atomic mass is 79.9. The Morgan fingerprint density at radius 2 is 1.95 bits per heavy atom. The van der Waals surface area contributed by atoms with Crippen molar-refractivity contribution >= 4 is 37.4 Å². The van der Waals surface area contributed by atoms with Gasteiger partial charge in [0.05, 0.1) is 5.39 Å². The van der Waals surface area contributed by atoms with Crippen molar-refractivity contribution in [2.45, 2.75) is 46.1 Å². The first kappa shape index (κ1) is 15.8. The maximum absolute atomic E-state index is 12.5. The van der Waals surface area contributed by atoms with Crippen LogP contribution in [0.4, 0.5) is 0 Å². The summed E-state index contributed by atoms with van der Waals surface area (Å²) in [5.74, 6) is 0. The smallest absolute Gasteiger partial charge is 0.259 e. The zero-order valence-corrected chi connectivity index (χ0v) is 14.6. The molecule has 0 aliphatic carbocycles. The van der Waals surface area contributed by atoms with Crippen LogP contribution in [0, 0.1) is 5.41 Å². The van der Waals surface area contributed by atoms with E-state index in [2.05, 4.69) is 35.8 Å². The first-order valence-corrected chi connectivity index (χ1v) is 9.28. The summed E-state index contributed by atoms with van der Waals surface area (Å²) in [5.41, 5.74) is 0.345. The molecule has 2 aromatic heterocycles. The Kier molecular flexibility index (Phi) is 5.44. The second-order valence-electron chi connectivity index (χ2n) is 5.58. The molecule has 0 bridgehead atoms. The fraction of sp³-hybridized carbons (Fsp3) is 0.562. The van der Waals surface area contributed by atoms with Crippen molar-refractivity contribution in [3.05, 3.63) is 34.1 Å². The Balaban J connectivity index is 2.37. The van der Waals surface area contributed by atoms with Crippen molar-refractivity contribution in [3.63, 3.8) is 0 Å². The molecule has 0 radical (unpaired) electrons. The molecule has 0 aromatic carbocycles. The van der Waals surface area contributed by atoms with Gasteiger partial charge in [-0.05, 0) is 35.8 Å². The summed E-state index contributed by atoms with van der Waals surface area (Å²) in [6.07, 6.45) is 6.58. The maximum Gasteiger partial charge on any atom is 0.259 e. The molecule has 0 aliphatic rings. The highest BCUT2D eigenvalue weighted by Crippen LogP contribution is 2.34. The first-order chi connectivity index (χ1) is 9.65. The summed E-state index contributed by atoms with van der Waals surface area (Å²) in [4.78, 5) is 12.5. The zero-order valence-electron chi connectivity index (χ0n) is 12.2. The van der Waals surface area contributed by atoms with Gasteiger partial charge in [0.25, 0.3) is 5.56 Å². The number of rotatable bonds is 7. The van der Waals surface area contributed by atoms with Crippen LogP contribution in [0.15, 0.2) is 28.5 Å². The Morgan fingerprint density at radius 1 is 1.25 bits per heavy atom. The third-order valence-electron chi connectivity index (χ3n) is 3.94. The molecular formula is C16H22BrNOS. The van der Waals surface area contributed by atoms with Crippen LogP contribution in [0.2, 0.25) is 0 Å². The van der Waals surface area contributed by atoms with Gasteiger partial charge in [-0.1, -0.05) is 42.6 Å². The lowest BCUT2D eigenvalue weighted by atomic mass is 9.81. The van der Waals surface area contributed by atoms with Crippen molar-refractivity contribution in [1.29, 1.82) is 0 Å². The average Bonchev–Trinajstić information content (AvgIpc) is 2.91. The van der Waals surface area contributed by atoms with E-state index in [0.29, 0.717) is 0 Å². The number of nitrogens with zero attached hydrogens (tertiary/aromatic N) is 1. The van der Waals surface area contributed by atoms with E-state index in [-0.39, 0.29) is 11.0 Å². The van der Waals surface area contributed by atoms with Crippen molar-refractivity contribution in [3.8, 4) is 0 Å². The minimum absolute atomic E-state index is 0.154. The van der Waals surface area contributed by atoms with Gasteiger partial charge in [0.2, 0.25) is 0 Å². The minimum atomic E-state index is 0.154. The molecule has 20 heavy (non-hydrogen) atoms. The van der Waals surface area contributed by atoms with E-state index < -0.39 is 0 Å². The van der Waals surface area contributed by atoms with Gasteiger partial charge >= 0.3 is 0 Å². The second-order valence-corrected chi connectivity index (χ2v) is 7.09. The lowest BCUT2D eigenvalue weighted by Gasteiger charge is -2.32. The summed E-state index contributed by atoms with van der Waals surface area (Å²) in [5, 5.41) is 3.80. The van der Waals surface area contributed by atoms with Gasteiger partial charge in [-0.25, -0.2) is 0 Å². The molecule has 0 aliphatic heterocycles. The minimum Gasteiger partial charge on any atom is -0.314 e. The topological polar surface area (TPSA) is 22.0 Å². The van der Waals surface area contributed by atoms with Gasteiger partial charge in [0.15, 0.2) is 0 Å². The molecular weight excluding hydrogens is 334 g/mol. The van der Waals surface area contributed by atoms with Crippen LogP contribution in [-0.4, -0.2) is 9.90 Å². The van der Waals surface area contributed by atoms with Crippen LogP contribution in [0.25, 0.3) is 10.1 Å². The molecule has 0 N–H and O–H groups in total. The average molecular weight is 356 g/mol. The van der Waals surface area contributed by atoms with E-state index in [0.717, 1.165) is 47.6 Å².